The number of ketones is 1. The van der Waals surface area contributed by atoms with Crippen LogP contribution < -0.4 is 5.32 Å². The van der Waals surface area contributed by atoms with Gasteiger partial charge in [-0.25, -0.2) is 0 Å². The van der Waals surface area contributed by atoms with Gasteiger partial charge >= 0.3 is 0 Å². The van der Waals surface area contributed by atoms with Gasteiger partial charge in [-0.1, -0.05) is 13.8 Å². The van der Waals surface area contributed by atoms with Crippen molar-refractivity contribution in [2.75, 3.05) is 6.54 Å². The monoisotopic (exact) mass is 293 g/mol. The van der Waals surface area contributed by atoms with Crippen molar-refractivity contribution in [1.29, 1.82) is 5.26 Å². The Hall–Kier alpha value is -1.90. The molecule has 2 amide bonds. The van der Waals surface area contributed by atoms with Gasteiger partial charge in [0, 0.05) is 18.5 Å². The van der Waals surface area contributed by atoms with E-state index in [0.717, 1.165) is 6.42 Å². The van der Waals surface area contributed by atoms with E-state index < -0.39 is 23.7 Å². The molecule has 21 heavy (non-hydrogen) atoms. The maximum absolute atomic E-state index is 12.5. The number of likely N-dealkylation sites (tertiary alicyclic amines) is 1. The van der Waals surface area contributed by atoms with Crippen LogP contribution in [0, 0.1) is 23.2 Å². The Labute approximate surface area is 125 Å². The van der Waals surface area contributed by atoms with Gasteiger partial charge in [-0.3, -0.25) is 14.4 Å². The van der Waals surface area contributed by atoms with Gasteiger partial charge in [0.25, 0.3) is 0 Å². The normalized spacial score (nSPS) is 19.5. The molecule has 1 fully saturated rings. The quantitative estimate of drug-likeness (QED) is 0.761. The van der Waals surface area contributed by atoms with Crippen LogP contribution in [0.15, 0.2) is 0 Å². The van der Waals surface area contributed by atoms with E-state index in [2.05, 4.69) is 5.32 Å². The van der Waals surface area contributed by atoms with Crippen LogP contribution in [0.3, 0.4) is 0 Å². The Morgan fingerprint density at radius 3 is 2.33 bits per heavy atom. The first-order valence-electron chi connectivity index (χ1n) is 7.33. The van der Waals surface area contributed by atoms with Crippen molar-refractivity contribution < 1.29 is 14.4 Å². The molecule has 6 heteroatoms. The molecule has 1 aliphatic heterocycles. The van der Waals surface area contributed by atoms with Gasteiger partial charge in [-0.2, -0.15) is 5.26 Å². The molecule has 6 nitrogen and oxygen atoms in total. The highest BCUT2D eigenvalue weighted by Crippen LogP contribution is 2.23. The first-order valence-corrected chi connectivity index (χ1v) is 7.33. The molecule has 0 radical (unpaired) electrons. The summed E-state index contributed by atoms with van der Waals surface area (Å²) in [5, 5.41) is 11.7. The van der Waals surface area contributed by atoms with Gasteiger partial charge in [0.2, 0.25) is 11.8 Å². The molecule has 0 aromatic heterocycles. The van der Waals surface area contributed by atoms with Crippen molar-refractivity contribution >= 4 is 17.6 Å². The Kier molecular flexibility index (Phi) is 5.89. The summed E-state index contributed by atoms with van der Waals surface area (Å²) in [6, 6.07) is 0.982. The molecule has 0 saturated carbocycles. The number of Topliss-reactive ketones (excluding diaryl/α,β-unsaturated/α-hetero) is 1. The zero-order chi connectivity index (χ0) is 16.2. The van der Waals surface area contributed by atoms with Crippen molar-refractivity contribution in [3.63, 3.8) is 0 Å². The number of hydrogen-bond acceptors (Lipinski definition) is 4. The lowest BCUT2D eigenvalue weighted by Crippen LogP contribution is -2.48. The second-order valence-corrected chi connectivity index (χ2v) is 5.97. The summed E-state index contributed by atoms with van der Waals surface area (Å²) in [6.07, 6.45) is 1.24. The van der Waals surface area contributed by atoms with Gasteiger partial charge < -0.3 is 10.2 Å². The third-order valence-corrected chi connectivity index (χ3v) is 3.46. The van der Waals surface area contributed by atoms with Crippen LogP contribution in [0.1, 0.15) is 40.5 Å². The molecule has 0 aliphatic carbocycles. The van der Waals surface area contributed by atoms with E-state index in [0.29, 0.717) is 13.0 Å². The first-order chi connectivity index (χ1) is 9.79. The standard InChI is InChI=1S/C15H23N3O3/c1-9(2)15(21)18-7-5-6-12(18)13(19)11(8-16)14(20)17-10(3)4/h9-12H,5-7H2,1-4H3,(H,17,20)/t11-,12-/m1/s1. The molecular formula is C15H23N3O3. The lowest BCUT2D eigenvalue weighted by atomic mass is 9.96. The number of hydrogen-bond donors (Lipinski definition) is 1. The zero-order valence-corrected chi connectivity index (χ0v) is 13.0. The van der Waals surface area contributed by atoms with Gasteiger partial charge in [-0.05, 0) is 26.7 Å². The fraction of sp³-hybridized carbons (Fsp3) is 0.733. The maximum atomic E-state index is 12.5. The van der Waals surface area contributed by atoms with E-state index in [1.54, 1.807) is 33.8 Å². The largest absolute Gasteiger partial charge is 0.352 e. The van der Waals surface area contributed by atoms with Crippen molar-refractivity contribution in [2.24, 2.45) is 11.8 Å². The molecule has 1 aliphatic rings. The zero-order valence-electron chi connectivity index (χ0n) is 13.0. The van der Waals surface area contributed by atoms with Crippen LogP contribution in [0.25, 0.3) is 0 Å². The molecule has 0 aromatic rings. The summed E-state index contributed by atoms with van der Waals surface area (Å²) in [4.78, 5) is 38.0. The average Bonchev–Trinajstić information content (AvgIpc) is 2.86. The van der Waals surface area contributed by atoms with Crippen LogP contribution in [-0.2, 0) is 14.4 Å². The molecule has 1 N–H and O–H groups in total. The second-order valence-electron chi connectivity index (χ2n) is 5.97. The summed E-state index contributed by atoms with van der Waals surface area (Å²) in [6.45, 7) is 7.59. The predicted octanol–water partition coefficient (Wildman–Crippen LogP) is 0.867. The SMILES string of the molecule is CC(C)NC(=O)[C@H](C#N)C(=O)[C@H]1CCCN1C(=O)C(C)C. The van der Waals surface area contributed by atoms with Gasteiger partial charge in [0.1, 0.15) is 0 Å². The van der Waals surface area contributed by atoms with Crippen LogP contribution in [0.5, 0.6) is 0 Å². The Bertz CT molecular complexity index is 465. The number of rotatable bonds is 5. The minimum absolute atomic E-state index is 0.105. The fourth-order valence-electron chi connectivity index (χ4n) is 2.47. The van der Waals surface area contributed by atoms with Crippen LogP contribution >= 0.6 is 0 Å². The lowest BCUT2D eigenvalue weighted by molar-refractivity contribution is -0.143. The third kappa shape index (κ3) is 4.03. The molecule has 0 spiro atoms. The van der Waals surface area contributed by atoms with E-state index in [-0.39, 0.29) is 17.9 Å². The first kappa shape index (κ1) is 17.2. The molecule has 1 rings (SSSR count). The Morgan fingerprint density at radius 1 is 1.24 bits per heavy atom. The topological polar surface area (TPSA) is 90.3 Å². The summed E-state index contributed by atoms with van der Waals surface area (Å²) in [7, 11) is 0. The van der Waals surface area contributed by atoms with E-state index in [1.165, 1.54) is 4.90 Å². The van der Waals surface area contributed by atoms with Crippen molar-refractivity contribution in [3.05, 3.63) is 0 Å². The highest BCUT2D eigenvalue weighted by molar-refractivity contribution is 6.07. The smallest absolute Gasteiger partial charge is 0.245 e. The highest BCUT2D eigenvalue weighted by Gasteiger charge is 2.40. The minimum atomic E-state index is -1.35. The molecule has 0 aromatic carbocycles. The number of amides is 2. The van der Waals surface area contributed by atoms with Crippen LogP contribution in [0.4, 0.5) is 0 Å². The summed E-state index contributed by atoms with van der Waals surface area (Å²) >= 11 is 0. The Morgan fingerprint density at radius 2 is 1.86 bits per heavy atom. The average molecular weight is 293 g/mol. The summed E-state index contributed by atoms with van der Waals surface area (Å²) in [5.74, 6) is -2.71. The van der Waals surface area contributed by atoms with Crippen LogP contribution in [0.2, 0.25) is 0 Å². The van der Waals surface area contributed by atoms with Crippen molar-refractivity contribution in [1.82, 2.24) is 10.2 Å². The van der Waals surface area contributed by atoms with E-state index in [9.17, 15) is 14.4 Å². The lowest BCUT2D eigenvalue weighted by Gasteiger charge is -2.26. The predicted molar refractivity (Wildman–Crippen MR) is 77.0 cm³/mol. The van der Waals surface area contributed by atoms with Gasteiger partial charge in [-0.15, -0.1) is 0 Å². The maximum Gasteiger partial charge on any atom is 0.245 e. The van der Waals surface area contributed by atoms with Crippen molar-refractivity contribution in [2.45, 2.75) is 52.6 Å². The minimum Gasteiger partial charge on any atom is -0.352 e. The number of nitrogens with one attached hydrogen (secondary N) is 1. The molecule has 2 atom stereocenters. The fourth-order valence-corrected chi connectivity index (χ4v) is 2.47. The van der Waals surface area contributed by atoms with E-state index in [4.69, 9.17) is 5.26 Å². The van der Waals surface area contributed by atoms with Gasteiger partial charge in [0.05, 0.1) is 12.1 Å². The van der Waals surface area contributed by atoms with Crippen LogP contribution in [-0.4, -0.2) is 41.1 Å². The molecular weight excluding hydrogens is 270 g/mol. The van der Waals surface area contributed by atoms with Crippen molar-refractivity contribution in [3.8, 4) is 6.07 Å². The molecule has 1 saturated heterocycles. The summed E-state index contributed by atoms with van der Waals surface area (Å²) in [5.41, 5.74) is 0. The number of carbonyl (C=O) groups excluding carboxylic acids is 3. The highest BCUT2D eigenvalue weighted by atomic mass is 16.2. The second kappa shape index (κ2) is 7.21. The molecule has 0 unspecified atom stereocenters. The molecule has 1 heterocycles. The Balaban J connectivity index is 2.87. The third-order valence-electron chi connectivity index (χ3n) is 3.46. The van der Waals surface area contributed by atoms with Gasteiger partial charge in [0.15, 0.2) is 11.7 Å². The number of nitriles is 1. The van der Waals surface area contributed by atoms with E-state index >= 15 is 0 Å². The number of nitrogens with zero attached hydrogens (tertiary/aromatic N) is 2. The molecule has 0 bridgehead atoms. The summed E-state index contributed by atoms with van der Waals surface area (Å²) < 4.78 is 0. The van der Waals surface area contributed by atoms with E-state index in [1.807, 2.05) is 0 Å². The number of carbonyl (C=O) groups is 3. The molecule has 116 valence electrons.